The summed E-state index contributed by atoms with van der Waals surface area (Å²) in [5.74, 6) is 2.13. The Balaban J connectivity index is 1.61. The fourth-order valence-electron chi connectivity index (χ4n) is 4.98. The number of halogens is 1. The number of allylic oxidation sites excluding steroid dienone is 2. The minimum absolute atomic E-state index is 0.0548. The van der Waals surface area contributed by atoms with Crippen LogP contribution in [-0.2, 0) is 10.5 Å². The zero-order chi connectivity index (χ0) is 26.3. The van der Waals surface area contributed by atoms with E-state index in [1.165, 1.54) is 17.8 Å². The van der Waals surface area contributed by atoms with Crippen molar-refractivity contribution in [2.24, 2.45) is 5.41 Å². The predicted octanol–water partition coefficient (Wildman–Crippen LogP) is 5.39. The molecule has 3 aromatic rings. The molecule has 0 amide bonds. The van der Waals surface area contributed by atoms with Gasteiger partial charge in [-0.1, -0.05) is 43.8 Å². The third-order valence-corrected chi connectivity index (χ3v) is 7.52. The molecule has 37 heavy (non-hydrogen) atoms. The van der Waals surface area contributed by atoms with Crippen molar-refractivity contribution in [1.82, 2.24) is 14.8 Å². The highest BCUT2D eigenvalue weighted by atomic mass is 32.2. The van der Waals surface area contributed by atoms with Gasteiger partial charge in [0.1, 0.15) is 11.9 Å². The topological polar surface area (TPSA) is 87.5 Å². The van der Waals surface area contributed by atoms with Gasteiger partial charge in [-0.25, -0.2) is 9.07 Å². The van der Waals surface area contributed by atoms with Gasteiger partial charge < -0.3 is 19.5 Å². The average Bonchev–Trinajstić information content (AvgIpc) is 3.27. The maximum absolute atomic E-state index is 14.2. The first-order chi connectivity index (χ1) is 17.7. The van der Waals surface area contributed by atoms with E-state index in [9.17, 15) is 9.18 Å². The molecule has 1 aromatic heterocycles. The second-order valence-electron chi connectivity index (χ2n) is 9.86. The molecule has 8 nitrogen and oxygen atoms in total. The Bertz CT molecular complexity index is 1380. The van der Waals surface area contributed by atoms with E-state index < -0.39 is 6.04 Å². The first-order valence-electron chi connectivity index (χ1n) is 11.9. The van der Waals surface area contributed by atoms with Crippen LogP contribution in [0.15, 0.2) is 52.8 Å². The monoisotopic (exact) mass is 524 g/mol. The summed E-state index contributed by atoms with van der Waals surface area (Å²) in [4.78, 5) is 18.2. The molecule has 0 spiro atoms. The number of benzene rings is 2. The Morgan fingerprint density at radius 1 is 1.11 bits per heavy atom. The number of nitrogens with one attached hydrogen (secondary N) is 1. The van der Waals surface area contributed by atoms with E-state index in [0.29, 0.717) is 58.1 Å². The van der Waals surface area contributed by atoms with E-state index >= 15 is 0 Å². The molecular formula is C27H29FN4O4S. The van der Waals surface area contributed by atoms with Gasteiger partial charge in [0.15, 0.2) is 17.3 Å². The molecule has 0 radical (unpaired) electrons. The highest BCUT2D eigenvalue weighted by Gasteiger charge is 2.42. The number of hydrogen-bond donors (Lipinski definition) is 1. The van der Waals surface area contributed by atoms with Crippen LogP contribution in [-0.4, -0.2) is 41.9 Å². The van der Waals surface area contributed by atoms with Crippen molar-refractivity contribution in [2.75, 3.05) is 26.6 Å². The lowest BCUT2D eigenvalue weighted by Gasteiger charge is -2.38. The SMILES string of the molecule is COc1cc([C@@H]2C3=C(CC(C)(C)CC3=O)Nc3nc(SCc4ccccc4F)nn32)cc(OC)c1OC. The summed E-state index contributed by atoms with van der Waals surface area (Å²) in [5, 5.41) is 8.60. The lowest BCUT2D eigenvalue weighted by atomic mass is 9.73. The van der Waals surface area contributed by atoms with Crippen LogP contribution in [0.2, 0.25) is 0 Å². The Hall–Kier alpha value is -3.53. The first-order valence-corrected chi connectivity index (χ1v) is 12.9. The summed E-state index contributed by atoms with van der Waals surface area (Å²) in [6.45, 7) is 4.17. The summed E-state index contributed by atoms with van der Waals surface area (Å²) >= 11 is 1.34. The molecular weight excluding hydrogens is 495 g/mol. The molecule has 1 N–H and O–H groups in total. The molecule has 0 fully saturated rings. The van der Waals surface area contributed by atoms with Gasteiger partial charge in [0, 0.05) is 23.4 Å². The summed E-state index contributed by atoms with van der Waals surface area (Å²) < 4.78 is 32.6. The zero-order valence-corrected chi connectivity index (χ0v) is 22.2. The molecule has 194 valence electrons. The minimum Gasteiger partial charge on any atom is -0.493 e. The van der Waals surface area contributed by atoms with Gasteiger partial charge in [0.25, 0.3) is 0 Å². The van der Waals surface area contributed by atoms with E-state index in [0.717, 1.165) is 11.3 Å². The fraction of sp³-hybridized carbons (Fsp3) is 0.370. The fourth-order valence-corrected chi connectivity index (χ4v) is 5.79. The van der Waals surface area contributed by atoms with Crippen molar-refractivity contribution in [3.8, 4) is 17.2 Å². The smallest absolute Gasteiger partial charge is 0.227 e. The molecule has 0 saturated carbocycles. The van der Waals surface area contributed by atoms with Gasteiger partial charge in [-0.05, 0) is 41.2 Å². The highest BCUT2D eigenvalue weighted by Crippen LogP contribution is 2.48. The standard InChI is InChI=1S/C27H29FN4O4S/c1-27(2)12-18-22(19(33)13-27)23(16-10-20(34-3)24(36-5)21(11-16)35-4)32-25(29-18)30-26(31-32)37-14-15-8-6-7-9-17(15)28/h6-11,23H,12-14H2,1-5H3,(H,29,30,31)/t23-/m1/s1. The number of hydrogen-bond acceptors (Lipinski definition) is 8. The normalized spacial score (nSPS) is 18.1. The third kappa shape index (κ3) is 4.66. The van der Waals surface area contributed by atoms with Crippen LogP contribution in [0.25, 0.3) is 0 Å². The molecule has 1 aliphatic heterocycles. The molecule has 2 aromatic carbocycles. The second-order valence-corrected chi connectivity index (χ2v) is 10.8. The number of ether oxygens (including phenoxy) is 3. The summed E-state index contributed by atoms with van der Waals surface area (Å²) in [6, 6.07) is 9.79. The van der Waals surface area contributed by atoms with Crippen LogP contribution in [0.1, 0.15) is 43.9 Å². The van der Waals surface area contributed by atoms with Crippen molar-refractivity contribution in [3.63, 3.8) is 0 Å². The highest BCUT2D eigenvalue weighted by molar-refractivity contribution is 7.98. The average molecular weight is 525 g/mol. The van der Waals surface area contributed by atoms with Crippen molar-refractivity contribution < 1.29 is 23.4 Å². The number of carbonyl (C=O) groups excluding carboxylic acids is 1. The molecule has 10 heteroatoms. The number of nitrogens with zero attached hydrogens (tertiary/aromatic N) is 3. The Morgan fingerprint density at radius 3 is 2.46 bits per heavy atom. The lowest BCUT2D eigenvalue weighted by molar-refractivity contribution is -0.118. The van der Waals surface area contributed by atoms with E-state index in [1.54, 1.807) is 44.2 Å². The van der Waals surface area contributed by atoms with Crippen molar-refractivity contribution in [2.45, 2.75) is 43.6 Å². The largest absolute Gasteiger partial charge is 0.493 e. The van der Waals surface area contributed by atoms with Gasteiger partial charge in [-0.2, -0.15) is 4.98 Å². The van der Waals surface area contributed by atoms with E-state index in [4.69, 9.17) is 24.3 Å². The number of thioether (sulfide) groups is 1. The molecule has 1 aliphatic carbocycles. The molecule has 1 atom stereocenters. The van der Waals surface area contributed by atoms with Crippen LogP contribution >= 0.6 is 11.8 Å². The maximum Gasteiger partial charge on any atom is 0.227 e. The molecule has 2 aliphatic rings. The zero-order valence-electron chi connectivity index (χ0n) is 21.4. The van der Waals surface area contributed by atoms with E-state index in [-0.39, 0.29) is 17.0 Å². The Kier molecular flexibility index (Phi) is 6.61. The number of anilines is 1. The van der Waals surface area contributed by atoms with Crippen LogP contribution in [0.4, 0.5) is 10.3 Å². The van der Waals surface area contributed by atoms with E-state index in [1.807, 2.05) is 12.1 Å². The first kappa shape index (κ1) is 25.1. The number of Topliss-reactive ketones (excluding diaryl/α,β-unsaturated/α-hetero) is 1. The summed E-state index contributed by atoms with van der Waals surface area (Å²) in [5.41, 5.74) is 2.63. The summed E-state index contributed by atoms with van der Waals surface area (Å²) in [6.07, 6.45) is 1.12. The number of methoxy groups -OCH3 is 3. The van der Waals surface area contributed by atoms with Crippen LogP contribution < -0.4 is 19.5 Å². The van der Waals surface area contributed by atoms with Gasteiger partial charge in [-0.15, -0.1) is 5.10 Å². The molecule has 0 bridgehead atoms. The van der Waals surface area contributed by atoms with Crippen LogP contribution in [0.5, 0.6) is 17.2 Å². The lowest BCUT2D eigenvalue weighted by Crippen LogP contribution is -2.36. The second kappa shape index (κ2) is 9.74. The van der Waals surface area contributed by atoms with Gasteiger partial charge >= 0.3 is 0 Å². The van der Waals surface area contributed by atoms with Gasteiger partial charge in [0.05, 0.1) is 21.3 Å². The quantitative estimate of drug-likeness (QED) is 0.412. The van der Waals surface area contributed by atoms with Gasteiger partial charge in [0.2, 0.25) is 16.9 Å². The number of aromatic nitrogens is 3. The van der Waals surface area contributed by atoms with Crippen molar-refractivity contribution >= 4 is 23.5 Å². The third-order valence-electron chi connectivity index (χ3n) is 6.63. The predicted molar refractivity (Wildman–Crippen MR) is 139 cm³/mol. The Labute approximate surface area is 219 Å². The van der Waals surface area contributed by atoms with Crippen LogP contribution in [0, 0.1) is 11.2 Å². The number of fused-ring (bicyclic) bond motifs is 1. The summed E-state index contributed by atoms with van der Waals surface area (Å²) in [7, 11) is 4.66. The van der Waals surface area contributed by atoms with Crippen molar-refractivity contribution in [1.29, 1.82) is 0 Å². The molecule has 2 heterocycles. The number of rotatable bonds is 7. The Morgan fingerprint density at radius 2 is 1.81 bits per heavy atom. The van der Waals surface area contributed by atoms with Crippen molar-refractivity contribution in [3.05, 3.63) is 64.6 Å². The number of ketones is 1. The molecule has 5 rings (SSSR count). The molecule has 0 unspecified atom stereocenters. The van der Waals surface area contributed by atoms with Crippen LogP contribution in [0.3, 0.4) is 0 Å². The maximum atomic E-state index is 14.2. The van der Waals surface area contributed by atoms with Gasteiger partial charge in [-0.3, -0.25) is 4.79 Å². The molecule has 0 saturated heterocycles. The number of carbonyl (C=O) groups is 1. The van der Waals surface area contributed by atoms with E-state index in [2.05, 4.69) is 19.2 Å². The minimum atomic E-state index is -0.543.